The molecule has 0 radical (unpaired) electrons. The van der Waals surface area contributed by atoms with Crippen molar-refractivity contribution in [2.45, 2.75) is 6.42 Å². The van der Waals surface area contributed by atoms with Crippen molar-refractivity contribution in [3.8, 4) is 0 Å². The fourth-order valence-electron chi connectivity index (χ4n) is 3.79. The molecule has 0 N–H and O–H groups in total. The maximum Gasteiger partial charge on any atom is -0.00999 e. The van der Waals surface area contributed by atoms with Crippen LogP contribution in [0.1, 0.15) is 5.56 Å². The standard InChI is InChI=1S/C25H18/c1-2-5-17-8-9-20-13-24-15-22-11-18-6-3-4-7-19(18)12-23(22)16-25(24)14-21(20)10-17/h2-4,6-16H,1,5H2. The molecule has 5 rings (SSSR count). The Hall–Kier alpha value is -3.12. The summed E-state index contributed by atoms with van der Waals surface area (Å²) >= 11 is 0. The van der Waals surface area contributed by atoms with Gasteiger partial charge in [0.25, 0.3) is 0 Å². The van der Waals surface area contributed by atoms with Crippen LogP contribution in [0.2, 0.25) is 0 Å². The van der Waals surface area contributed by atoms with Crippen LogP contribution >= 0.6 is 0 Å². The fraction of sp³-hybridized carbons (Fsp3) is 0.0400. The van der Waals surface area contributed by atoms with Gasteiger partial charge < -0.3 is 0 Å². The average molecular weight is 318 g/mol. The van der Waals surface area contributed by atoms with Gasteiger partial charge in [0, 0.05) is 0 Å². The molecule has 0 aliphatic rings. The van der Waals surface area contributed by atoms with Gasteiger partial charge in [0.1, 0.15) is 0 Å². The molecule has 5 aromatic carbocycles. The Bertz CT molecular complexity index is 1280. The summed E-state index contributed by atoms with van der Waals surface area (Å²) in [6.45, 7) is 3.84. The van der Waals surface area contributed by atoms with Crippen LogP contribution in [0.25, 0.3) is 43.1 Å². The fourth-order valence-corrected chi connectivity index (χ4v) is 3.79. The van der Waals surface area contributed by atoms with Crippen LogP contribution in [0.4, 0.5) is 0 Å². The summed E-state index contributed by atoms with van der Waals surface area (Å²) in [5, 5.41) is 10.4. The van der Waals surface area contributed by atoms with E-state index in [1.165, 1.54) is 48.7 Å². The molecular weight excluding hydrogens is 300 g/mol. The predicted octanol–water partition coefficient (Wildman–Crippen LogP) is 7.03. The maximum absolute atomic E-state index is 3.84. The Kier molecular flexibility index (Phi) is 3.11. The van der Waals surface area contributed by atoms with E-state index >= 15 is 0 Å². The van der Waals surface area contributed by atoms with Crippen LogP contribution in [0.3, 0.4) is 0 Å². The van der Waals surface area contributed by atoms with Gasteiger partial charge in [0.15, 0.2) is 0 Å². The lowest BCUT2D eigenvalue weighted by Crippen LogP contribution is -1.83. The van der Waals surface area contributed by atoms with E-state index in [-0.39, 0.29) is 0 Å². The van der Waals surface area contributed by atoms with Gasteiger partial charge in [0.2, 0.25) is 0 Å². The van der Waals surface area contributed by atoms with Gasteiger partial charge in [-0.15, -0.1) is 6.58 Å². The van der Waals surface area contributed by atoms with E-state index in [0.29, 0.717) is 0 Å². The molecule has 25 heavy (non-hydrogen) atoms. The molecule has 5 aromatic rings. The molecule has 0 saturated carbocycles. The minimum atomic E-state index is 0.914. The first-order valence-electron chi connectivity index (χ1n) is 8.70. The lowest BCUT2D eigenvalue weighted by molar-refractivity contribution is 1.29. The van der Waals surface area contributed by atoms with Gasteiger partial charge in [-0.05, 0) is 91.5 Å². The Morgan fingerprint density at radius 1 is 0.520 bits per heavy atom. The van der Waals surface area contributed by atoms with Crippen LogP contribution in [-0.4, -0.2) is 0 Å². The molecule has 0 aliphatic heterocycles. The molecule has 0 spiro atoms. The van der Waals surface area contributed by atoms with Crippen LogP contribution in [0.15, 0.2) is 91.5 Å². The topological polar surface area (TPSA) is 0 Å². The zero-order valence-corrected chi connectivity index (χ0v) is 14.0. The van der Waals surface area contributed by atoms with Gasteiger partial charge >= 0.3 is 0 Å². The van der Waals surface area contributed by atoms with E-state index in [4.69, 9.17) is 0 Å². The van der Waals surface area contributed by atoms with Crippen LogP contribution in [0.5, 0.6) is 0 Å². The molecule has 0 bridgehead atoms. The molecule has 0 aliphatic carbocycles. The number of rotatable bonds is 2. The molecule has 0 unspecified atom stereocenters. The first-order chi connectivity index (χ1) is 12.3. The van der Waals surface area contributed by atoms with Crippen LogP contribution in [-0.2, 0) is 6.42 Å². The van der Waals surface area contributed by atoms with Crippen molar-refractivity contribution in [1.82, 2.24) is 0 Å². The Balaban J connectivity index is 1.81. The second kappa shape index (κ2) is 5.46. The molecule has 118 valence electrons. The molecule has 0 heterocycles. The highest BCUT2D eigenvalue weighted by atomic mass is 14.1. The van der Waals surface area contributed by atoms with Gasteiger partial charge in [0.05, 0.1) is 0 Å². The normalized spacial score (nSPS) is 11.5. The summed E-state index contributed by atoms with van der Waals surface area (Å²) in [6.07, 6.45) is 2.87. The molecular formula is C25H18. The number of benzene rings is 5. The van der Waals surface area contributed by atoms with Crippen molar-refractivity contribution < 1.29 is 0 Å². The summed E-state index contributed by atoms with van der Waals surface area (Å²) < 4.78 is 0. The van der Waals surface area contributed by atoms with Crippen LogP contribution in [0, 0.1) is 0 Å². The lowest BCUT2D eigenvalue weighted by atomic mass is 9.96. The third-order valence-electron chi connectivity index (χ3n) is 5.06. The zero-order valence-electron chi connectivity index (χ0n) is 14.0. The lowest BCUT2D eigenvalue weighted by Gasteiger charge is -2.08. The van der Waals surface area contributed by atoms with Crippen molar-refractivity contribution >= 4 is 43.1 Å². The summed E-state index contributed by atoms with van der Waals surface area (Å²) in [7, 11) is 0. The van der Waals surface area contributed by atoms with E-state index < -0.39 is 0 Å². The molecule has 0 fully saturated rings. The molecule has 0 amide bonds. The predicted molar refractivity (Wildman–Crippen MR) is 110 cm³/mol. The third kappa shape index (κ3) is 2.38. The first kappa shape index (κ1) is 14.2. The second-order valence-corrected chi connectivity index (χ2v) is 6.77. The summed E-state index contributed by atoms with van der Waals surface area (Å²) in [4.78, 5) is 0. The maximum atomic E-state index is 3.84. The van der Waals surface area contributed by atoms with E-state index in [1.807, 2.05) is 6.08 Å². The van der Waals surface area contributed by atoms with Crippen molar-refractivity contribution in [1.29, 1.82) is 0 Å². The molecule has 0 aromatic heterocycles. The molecule has 0 atom stereocenters. The second-order valence-electron chi connectivity index (χ2n) is 6.77. The smallest absolute Gasteiger partial charge is 0.00999 e. The van der Waals surface area contributed by atoms with Crippen molar-refractivity contribution in [2.24, 2.45) is 0 Å². The minimum Gasteiger partial charge on any atom is -0.103 e. The zero-order chi connectivity index (χ0) is 16.8. The van der Waals surface area contributed by atoms with E-state index in [0.717, 1.165) is 6.42 Å². The van der Waals surface area contributed by atoms with Gasteiger partial charge in [-0.3, -0.25) is 0 Å². The minimum absolute atomic E-state index is 0.914. The number of hydrogen-bond donors (Lipinski definition) is 0. The Morgan fingerprint density at radius 2 is 0.960 bits per heavy atom. The van der Waals surface area contributed by atoms with Crippen LogP contribution < -0.4 is 0 Å². The molecule has 0 nitrogen and oxygen atoms in total. The highest BCUT2D eigenvalue weighted by Gasteiger charge is 2.04. The number of hydrogen-bond acceptors (Lipinski definition) is 0. The van der Waals surface area contributed by atoms with E-state index in [9.17, 15) is 0 Å². The van der Waals surface area contributed by atoms with Gasteiger partial charge in [-0.2, -0.15) is 0 Å². The van der Waals surface area contributed by atoms with Crippen molar-refractivity contribution in [3.05, 3.63) is 97.1 Å². The Labute approximate surface area is 147 Å². The first-order valence-corrected chi connectivity index (χ1v) is 8.70. The van der Waals surface area contributed by atoms with Gasteiger partial charge in [-0.1, -0.05) is 48.5 Å². The Morgan fingerprint density at radius 3 is 1.48 bits per heavy atom. The summed E-state index contributed by atoms with van der Waals surface area (Å²) in [6, 6.07) is 29.1. The summed E-state index contributed by atoms with van der Waals surface area (Å²) in [5.74, 6) is 0. The quantitative estimate of drug-likeness (QED) is 0.242. The highest BCUT2D eigenvalue weighted by Crippen LogP contribution is 2.30. The monoisotopic (exact) mass is 318 g/mol. The SMILES string of the molecule is C=CCc1ccc2cc3cc4cc5ccccc5cc4cc3cc2c1. The molecule has 0 saturated heterocycles. The molecule has 0 heteroatoms. The largest absolute Gasteiger partial charge is 0.103 e. The van der Waals surface area contributed by atoms with Crippen molar-refractivity contribution in [3.63, 3.8) is 0 Å². The number of allylic oxidation sites excluding steroid dienone is 1. The average Bonchev–Trinajstić information content (AvgIpc) is 2.63. The highest BCUT2D eigenvalue weighted by molar-refractivity contribution is 6.08. The van der Waals surface area contributed by atoms with Gasteiger partial charge in [-0.25, -0.2) is 0 Å². The van der Waals surface area contributed by atoms with Crippen molar-refractivity contribution in [2.75, 3.05) is 0 Å². The summed E-state index contributed by atoms with van der Waals surface area (Å²) in [5.41, 5.74) is 1.31. The third-order valence-corrected chi connectivity index (χ3v) is 5.06. The van der Waals surface area contributed by atoms with E-state index in [2.05, 4.69) is 85.4 Å². The number of fused-ring (bicyclic) bond motifs is 4. The van der Waals surface area contributed by atoms with E-state index in [1.54, 1.807) is 0 Å².